The lowest BCUT2D eigenvalue weighted by Crippen LogP contribution is -2.54. The van der Waals surface area contributed by atoms with Crippen LogP contribution in [-0.2, 0) is 11.3 Å². The summed E-state index contributed by atoms with van der Waals surface area (Å²) in [7, 11) is 0. The highest BCUT2D eigenvalue weighted by molar-refractivity contribution is 7.98. The van der Waals surface area contributed by atoms with Gasteiger partial charge in [-0.3, -0.25) is 9.69 Å². The number of rotatable bonds is 8. The molecule has 226 valence electrons. The Morgan fingerprint density at radius 2 is 1.67 bits per heavy atom. The lowest BCUT2D eigenvalue weighted by molar-refractivity contribution is 0.0378. The van der Waals surface area contributed by atoms with Crippen LogP contribution in [0.1, 0.15) is 65.1 Å². The molecule has 0 N–H and O–H groups in total. The second kappa shape index (κ2) is 12.5. The molecule has 1 aliphatic heterocycles. The van der Waals surface area contributed by atoms with Gasteiger partial charge in [0.2, 0.25) is 0 Å². The van der Waals surface area contributed by atoms with E-state index in [0.717, 1.165) is 11.3 Å². The van der Waals surface area contributed by atoms with Gasteiger partial charge in [-0.05, 0) is 63.9 Å². The van der Waals surface area contributed by atoms with Crippen LogP contribution >= 0.6 is 11.8 Å². The molecule has 0 unspecified atom stereocenters. The Bertz CT molecular complexity index is 1610. The van der Waals surface area contributed by atoms with Gasteiger partial charge >= 0.3 is 0 Å². The van der Waals surface area contributed by atoms with Crippen molar-refractivity contribution >= 4 is 17.7 Å². The molecule has 1 atom stereocenters. The van der Waals surface area contributed by atoms with Crippen molar-refractivity contribution in [1.29, 1.82) is 0 Å². The van der Waals surface area contributed by atoms with Crippen LogP contribution in [-0.4, -0.2) is 56.9 Å². The van der Waals surface area contributed by atoms with Crippen LogP contribution in [0.2, 0.25) is 0 Å². The fourth-order valence-corrected chi connectivity index (χ4v) is 6.51. The summed E-state index contributed by atoms with van der Waals surface area (Å²) in [4.78, 5) is 18.8. The number of aryl methyl sites for hydroxylation is 2. The predicted molar refractivity (Wildman–Crippen MR) is 163 cm³/mol. The Kier molecular flexibility index (Phi) is 8.99. The summed E-state index contributed by atoms with van der Waals surface area (Å²) in [5, 5.41) is 8.46. The number of piperazine rings is 1. The monoisotopic (exact) mass is 607 g/mol. The number of amides is 1. The van der Waals surface area contributed by atoms with Crippen LogP contribution in [0.3, 0.4) is 0 Å². The van der Waals surface area contributed by atoms with Crippen molar-refractivity contribution < 1.29 is 18.0 Å². The second-order valence-corrected chi connectivity index (χ2v) is 12.7. The molecule has 1 saturated heterocycles. The smallest absolute Gasteiger partial charge is 0.253 e. The van der Waals surface area contributed by atoms with Crippen LogP contribution in [0, 0.1) is 31.3 Å². The summed E-state index contributed by atoms with van der Waals surface area (Å²) in [5.74, 6) is -2.10. The molecule has 1 amide bonds. The average molecular weight is 608 g/mol. The number of benzene rings is 3. The fourth-order valence-electron chi connectivity index (χ4n) is 5.56. The SMILES string of the molecule is Cc1ccc(SCc2cccc(C(=O)N3CCN(C(C)(C)c4cn([C@H](C)c5c(F)cc(F)cc5F)nn4)CC3)c2)c(C)c1. The normalized spacial score (nSPS) is 15.1. The molecular weight excluding hydrogens is 571 g/mol. The molecule has 1 aromatic heterocycles. The Morgan fingerprint density at radius 3 is 2.35 bits per heavy atom. The fraction of sp³-hybridized carbons (Fsp3) is 0.364. The maximum atomic E-state index is 14.4. The molecule has 1 fully saturated rings. The van der Waals surface area contributed by atoms with Crippen molar-refractivity contribution in [2.75, 3.05) is 26.2 Å². The van der Waals surface area contributed by atoms with E-state index in [1.165, 1.54) is 20.7 Å². The van der Waals surface area contributed by atoms with Gasteiger partial charge in [-0.25, -0.2) is 17.9 Å². The third-order valence-electron chi connectivity index (χ3n) is 8.25. The van der Waals surface area contributed by atoms with Gasteiger partial charge in [0, 0.05) is 60.1 Å². The van der Waals surface area contributed by atoms with E-state index in [1.54, 1.807) is 24.9 Å². The van der Waals surface area contributed by atoms with Gasteiger partial charge in [0.15, 0.2) is 0 Å². The zero-order valence-electron chi connectivity index (χ0n) is 25.1. The van der Waals surface area contributed by atoms with Gasteiger partial charge < -0.3 is 4.90 Å². The van der Waals surface area contributed by atoms with Gasteiger partial charge in [0.05, 0.1) is 17.8 Å². The van der Waals surface area contributed by atoms with E-state index in [0.29, 0.717) is 49.6 Å². The summed E-state index contributed by atoms with van der Waals surface area (Å²) in [6.07, 6.45) is 1.67. The van der Waals surface area contributed by atoms with Crippen LogP contribution in [0.15, 0.2) is 65.7 Å². The molecule has 0 spiro atoms. The third-order valence-corrected chi connectivity index (χ3v) is 9.50. The van der Waals surface area contributed by atoms with Crippen molar-refractivity contribution in [3.8, 4) is 0 Å². The molecule has 0 radical (unpaired) electrons. The summed E-state index contributed by atoms with van der Waals surface area (Å²) in [6.45, 7) is 12.2. The van der Waals surface area contributed by atoms with Crippen molar-refractivity contribution in [3.05, 3.63) is 112 Å². The average Bonchev–Trinajstić information content (AvgIpc) is 3.48. The molecule has 10 heteroatoms. The highest BCUT2D eigenvalue weighted by Gasteiger charge is 2.35. The summed E-state index contributed by atoms with van der Waals surface area (Å²) >= 11 is 1.77. The molecule has 0 bridgehead atoms. The summed E-state index contributed by atoms with van der Waals surface area (Å²) < 4.78 is 43.5. The van der Waals surface area contributed by atoms with Gasteiger partial charge in [-0.15, -0.1) is 16.9 Å². The molecular formula is C33H36F3N5OS. The topological polar surface area (TPSA) is 54.3 Å². The van der Waals surface area contributed by atoms with Gasteiger partial charge in [0.25, 0.3) is 5.91 Å². The van der Waals surface area contributed by atoms with Crippen LogP contribution in [0.5, 0.6) is 0 Å². The zero-order chi connectivity index (χ0) is 30.9. The number of hydrogen-bond acceptors (Lipinski definition) is 5. The van der Waals surface area contributed by atoms with E-state index < -0.39 is 29.0 Å². The van der Waals surface area contributed by atoms with Crippen molar-refractivity contribution in [3.63, 3.8) is 0 Å². The first-order valence-electron chi connectivity index (χ1n) is 14.3. The largest absolute Gasteiger partial charge is 0.336 e. The van der Waals surface area contributed by atoms with E-state index in [9.17, 15) is 18.0 Å². The van der Waals surface area contributed by atoms with E-state index in [4.69, 9.17) is 0 Å². The minimum absolute atomic E-state index is 0.0129. The molecule has 43 heavy (non-hydrogen) atoms. The zero-order valence-corrected chi connectivity index (χ0v) is 25.9. The molecule has 3 aromatic carbocycles. The van der Waals surface area contributed by atoms with Crippen molar-refractivity contribution in [2.45, 2.75) is 56.8 Å². The number of halogens is 3. The Hall–Kier alpha value is -3.63. The quantitative estimate of drug-likeness (QED) is 0.204. The Morgan fingerprint density at radius 1 is 0.977 bits per heavy atom. The van der Waals surface area contributed by atoms with Gasteiger partial charge in [-0.2, -0.15) is 0 Å². The first kappa shape index (κ1) is 30.8. The third kappa shape index (κ3) is 6.65. The first-order valence-corrected chi connectivity index (χ1v) is 15.3. The molecule has 5 rings (SSSR count). The van der Waals surface area contributed by atoms with Gasteiger partial charge in [0.1, 0.15) is 23.1 Å². The number of thioether (sulfide) groups is 1. The molecule has 2 heterocycles. The lowest BCUT2D eigenvalue weighted by Gasteiger charge is -2.43. The summed E-state index contributed by atoms with van der Waals surface area (Å²) in [6, 6.07) is 14.8. The molecule has 4 aromatic rings. The number of carbonyl (C=O) groups excluding carboxylic acids is 1. The first-order chi connectivity index (χ1) is 20.4. The lowest BCUT2D eigenvalue weighted by atomic mass is 9.97. The van der Waals surface area contributed by atoms with Crippen LogP contribution < -0.4 is 0 Å². The highest BCUT2D eigenvalue weighted by Crippen LogP contribution is 2.31. The molecule has 0 aliphatic carbocycles. The van der Waals surface area contributed by atoms with Crippen molar-refractivity contribution in [1.82, 2.24) is 24.8 Å². The van der Waals surface area contributed by atoms with E-state index in [1.807, 2.05) is 36.9 Å². The minimum atomic E-state index is -0.969. The number of aromatic nitrogens is 3. The van der Waals surface area contributed by atoms with Crippen LogP contribution in [0.4, 0.5) is 13.2 Å². The van der Waals surface area contributed by atoms with E-state index in [-0.39, 0.29) is 11.5 Å². The minimum Gasteiger partial charge on any atom is -0.336 e. The maximum absolute atomic E-state index is 14.4. The summed E-state index contributed by atoms with van der Waals surface area (Å²) in [5.41, 5.74) is 4.11. The van der Waals surface area contributed by atoms with Crippen molar-refractivity contribution in [2.24, 2.45) is 0 Å². The molecule has 1 aliphatic rings. The Balaban J connectivity index is 1.21. The number of nitrogens with zero attached hydrogens (tertiary/aromatic N) is 5. The number of hydrogen-bond donors (Lipinski definition) is 0. The maximum Gasteiger partial charge on any atom is 0.253 e. The molecule has 0 saturated carbocycles. The molecule has 6 nitrogen and oxygen atoms in total. The highest BCUT2D eigenvalue weighted by atomic mass is 32.2. The second-order valence-electron chi connectivity index (χ2n) is 11.6. The van der Waals surface area contributed by atoms with Gasteiger partial charge in [-0.1, -0.05) is 35.0 Å². The van der Waals surface area contributed by atoms with Crippen LogP contribution in [0.25, 0.3) is 0 Å². The van der Waals surface area contributed by atoms with E-state index >= 15 is 0 Å². The standard InChI is InChI=1S/C33H36F3N5OS/c1-21-9-10-29(22(2)15-21)43-20-24-7-6-8-25(16-24)32(42)39-11-13-40(14-12-39)33(4,5)30-19-41(38-37-30)23(3)31-27(35)17-26(34)18-28(31)36/h6-10,15-19,23H,11-14,20H2,1-5H3/t23-/m1/s1. The predicted octanol–water partition coefficient (Wildman–Crippen LogP) is 6.91. The number of carbonyl (C=O) groups is 1. The Labute approximate surface area is 254 Å². The van der Waals surface area contributed by atoms with E-state index in [2.05, 4.69) is 53.3 Å².